The number of benzene rings is 1. The van der Waals surface area contributed by atoms with E-state index in [-0.39, 0.29) is 29.7 Å². The number of nitrogens with zero attached hydrogens (tertiary/aromatic N) is 7. The number of rotatable bonds is 9. The van der Waals surface area contributed by atoms with Crippen molar-refractivity contribution in [1.82, 2.24) is 18.9 Å². The molecule has 1 fully saturated rings. The number of pyridine rings is 1. The van der Waals surface area contributed by atoms with Gasteiger partial charge in [-0.3, -0.25) is 15.0 Å². The smallest absolute Gasteiger partial charge is 0.282 e. The molecule has 15 heteroatoms. The first kappa shape index (κ1) is 27.8. The number of aromatic nitrogens is 2. The Morgan fingerprint density at radius 2 is 2.08 bits per heavy atom. The summed E-state index contributed by atoms with van der Waals surface area (Å²) in [4.78, 5) is 12.4. The van der Waals surface area contributed by atoms with Gasteiger partial charge in [0.2, 0.25) is 0 Å². The monoisotopic (exact) mass is 549 g/mol. The van der Waals surface area contributed by atoms with Gasteiger partial charge >= 0.3 is 0 Å². The largest absolute Gasteiger partial charge is 0.491 e. The van der Waals surface area contributed by atoms with Crippen LogP contribution in [0.25, 0.3) is 5.52 Å². The summed E-state index contributed by atoms with van der Waals surface area (Å²) in [5.41, 5.74) is 1.06. The molecule has 13 nitrogen and oxygen atoms in total. The summed E-state index contributed by atoms with van der Waals surface area (Å²) in [7, 11) is -3.09. The van der Waals surface area contributed by atoms with Crippen LogP contribution in [0, 0.1) is 21.4 Å². The van der Waals surface area contributed by atoms with Crippen molar-refractivity contribution >= 4 is 39.8 Å². The van der Waals surface area contributed by atoms with E-state index in [1.54, 1.807) is 18.3 Å². The molecule has 0 saturated carbocycles. The number of nitriles is 1. The maximum absolute atomic E-state index is 13.3. The van der Waals surface area contributed by atoms with Gasteiger partial charge in [-0.05, 0) is 18.2 Å². The highest BCUT2D eigenvalue weighted by Gasteiger charge is 2.27. The van der Waals surface area contributed by atoms with Gasteiger partial charge in [0.1, 0.15) is 17.3 Å². The minimum atomic E-state index is -4.31. The lowest BCUT2D eigenvalue weighted by Gasteiger charge is -2.26. The number of non-ortho nitro benzene ring substituents is 1. The summed E-state index contributed by atoms with van der Waals surface area (Å²) < 4.78 is 40.0. The molecule has 0 bridgehead atoms. The van der Waals surface area contributed by atoms with Crippen LogP contribution in [0.1, 0.15) is 11.1 Å². The van der Waals surface area contributed by atoms with Crippen molar-refractivity contribution in [3.8, 4) is 11.8 Å². The number of sulfonamides is 1. The molecule has 2 aromatic heterocycles. The topological polar surface area (TPSA) is 156 Å². The van der Waals surface area contributed by atoms with Crippen molar-refractivity contribution in [2.45, 2.75) is 4.90 Å². The van der Waals surface area contributed by atoms with Crippen LogP contribution in [0.5, 0.6) is 5.75 Å². The fraction of sp³-hybridized carbons (Fsp3) is 0.318. The molecular formula is C22H24ClN7O6S. The highest BCUT2D eigenvalue weighted by Crippen LogP contribution is 2.30. The van der Waals surface area contributed by atoms with Gasteiger partial charge in [-0.1, -0.05) is 0 Å². The highest BCUT2D eigenvalue weighted by molar-refractivity contribution is 7.89. The van der Waals surface area contributed by atoms with E-state index in [1.165, 1.54) is 36.1 Å². The average molecular weight is 550 g/mol. The molecule has 1 aliphatic rings. The number of morpholine rings is 1. The van der Waals surface area contributed by atoms with Crippen LogP contribution >= 0.6 is 12.4 Å². The molecular weight excluding hydrogens is 526 g/mol. The molecule has 0 atom stereocenters. The van der Waals surface area contributed by atoms with E-state index in [0.717, 1.165) is 19.2 Å². The predicted octanol–water partition coefficient (Wildman–Crippen LogP) is 1.90. The van der Waals surface area contributed by atoms with Gasteiger partial charge in [0.25, 0.3) is 15.7 Å². The van der Waals surface area contributed by atoms with Crippen LogP contribution in [0.2, 0.25) is 0 Å². The van der Waals surface area contributed by atoms with Crippen LogP contribution in [0.15, 0.2) is 52.7 Å². The van der Waals surface area contributed by atoms with E-state index in [4.69, 9.17) is 14.7 Å². The summed E-state index contributed by atoms with van der Waals surface area (Å²) in [6, 6.07) is 8.66. The summed E-state index contributed by atoms with van der Waals surface area (Å²) in [6.07, 6.45) is 4.38. The quantitative estimate of drug-likeness (QED) is 0.221. The Morgan fingerprint density at radius 1 is 1.32 bits per heavy atom. The lowest BCUT2D eigenvalue weighted by Crippen LogP contribution is -2.38. The molecule has 1 aliphatic heterocycles. The molecule has 3 aromatic rings. The Kier molecular flexibility index (Phi) is 9.00. The lowest BCUT2D eigenvalue weighted by atomic mass is 10.2. The van der Waals surface area contributed by atoms with Gasteiger partial charge in [0.15, 0.2) is 0 Å². The molecule has 1 saturated heterocycles. The first-order valence-corrected chi connectivity index (χ1v) is 12.4. The molecule has 0 spiro atoms. The third kappa shape index (κ3) is 6.33. The minimum absolute atomic E-state index is 0. The fourth-order valence-electron chi connectivity index (χ4n) is 3.56. The van der Waals surface area contributed by atoms with Crippen molar-refractivity contribution in [2.75, 3.05) is 46.5 Å². The SMILES string of the molecule is CN(/N=C\c1cnn2ccc(C#N)cc12)S(=O)(=O)c1cc([N+](=O)[O-])ccc1OCCN1CCOCC1.Cl. The van der Waals surface area contributed by atoms with E-state index in [2.05, 4.69) is 15.1 Å². The van der Waals surface area contributed by atoms with Crippen molar-refractivity contribution < 1.29 is 22.8 Å². The summed E-state index contributed by atoms with van der Waals surface area (Å²) in [5, 5.41) is 28.6. The van der Waals surface area contributed by atoms with Crippen LogP contribution in [0.3, 0.4) is 0 Å². The zero-order valence-electron chi connectivity index (χ0n) is 19.8. The minimum Gasteiger partial charge on any atom is -0.491 e. The molecule has 1 aromatic carbocycles. The number of nitro benzene ring substituents is 1. The molecule has 0 radical (unpaired) electrons. The Labute approximate surface area is 219 Å². The van der Waals surface area contributed by atoms with Crippen molar-refractivity contribution in [3.05, 3.63) is 64.0 Å². The predicted molar refractivity (Wildman–Crippen MR) is 136 cm³/mol. The molecule has 0 N–H and O–H groups in total. The molecule has 3 heterocycles. The Morgan fingerprint density at radius 3 is 2.78 bits per heavy atom. The number of hydrogen-bond acceptors (Lipinski definition) is 10. The molecule has 0 unspecified atom stereocenters. The number of fused-ring (bicyclic) bond motifs is 1. The van der Waals surface area contributed by atoms with E-state index in [1.807, 2.05) is 6.07 Å². The van der Waals surface area contributed by atoms with E-state index >= 15 is 0 Å². The number of nitro groups is 1. The van der Waals surface area contributed by atoms with Crippen molar-refractivity contribution in [2.24, 2.45) is 5.10 Å². The lowest BCUT2D eigenvalue weighted by molar-refractivity contribution is -0.385. The van der Waals surface area contributed by atoms with E-state index in [0.29, 0.717) is 40.8 Å². The van der Waals surface area contributed by atoms with Gasteiger partial charge in [-0.2, -0.15) is 28.3 Å². The second-order valence-electron chi connectivity index (χ2n) is 7.83. The summed E-state index contributed by atoms with van der Waals surface area (Å²) in [5.74, 6) is -0.00875. The van der Waals surface area contributed by atoms with Gasteiger partial charge < -0.3 is 9.47 Å². The zero-order valence-corrected chi connectivity index (χ0v) is 21.4. The number of halogens is 1. The Hall–Kier alpha value is -3.77. The third-order valence-corrected chi connectivity index (χ3v) is 7.24. The van der Waals surface area contributed by atoms with Crippen LogP contribution in [-0.4, -0.2) is 85.0 Å². The summed E-state index contributed by atoms with van der Waals surface area (Å²) >= 11 is 0. The Bertz CT molecular complexity index is 1450. The van der Waals surface area contributed by atoms with Crippen LogP contribution in [0.4, 0.5) is 5.69 Å². The van der Waals surface area contributed by atoms with Crippen LogP contribution in [-0.2, 0) is 14.8 Å². The second-order valence-corrected chi connectivity index (χ2v) is 9.75. The fourth-order valence-corrected chi connectivity index (χ4v) is 4.66. The third-order valence-electron chi connectivity index (χ3n) is 5.57. The highest BCUT2D eigenvalue weighted by atomic mass is 35.5. The van der Waals surface area contributed by atoms with Crippen molar-refractivity contribution in [3.63, 3.8) is 0 Å². The van der Waals surface area contributed by atoms with Crippen LogP contribution < -0.4 is 4.74 Å². The maximum Gasteiger partial charge on any atom is 0.282 e. The Balaban J connectivity index is 0.00000380. The molecule has 37 heavy (non-hydrogen) atoms. The van der Waals surface area contributed by atoms with Gasteiger partial charge in [0.05, 0.1) is 47.7 Å². The molecule has 196 valence electrons. The van der Waals surface area contributed by atoms with Gasteiger partial charge in [0, 0.05) is 50.6 Å². The number of hydrazone groups is 1. The number of hydrogen-bond donors (Lipinski definition) is 0. The first-order valence-electron chi connectivity index (χ1n) is 10.9. The molecule has 4 rings (SSSR count). The normalized spacial score (nSPS) is 14.3. The van der Waals surface area contributed by atoms with Gasteiger partial charge in [-0.25, -0.2) is 4.52 Å². The maximum atomic E-state index is 13.3. The van der Waals surface area contributed by atoms with Gasteiger partial charge in [-0.15, -0.1) is 12.4 Å². The van der Waals surface area contributed by atoms with E-state index < -0.39 is 20.6 Å². The summed E-state index contributed by atoms with van der Waals surface area (Å²) in [6.45, 7) is 3.45. The van der Waals surface area contributed by atoms with Crippen molar-refractivity contribution in [1.29, 1.82) is 5.26 Å². The molecule has 0 aliphatic carbocycles. The zero-order chi connectivity index (χ0) is 25.7. The molecule has 0 amide bonds. The average Bonchev–Trinajstić information content (AvgIpc) is 3.29. The van der Waals surface area contributed by atoms with E-state index in [9.17, 15) is 18.5 Å². The second kappa shape index (κ2) is 12.0. The number of ether oxygens (including phenoxy) is 2. The first-order chi connectivity index (χ1) is 17.3. The standard InChI is InChI=1S/C22H23N7O6S.ClH/c1-26(24-15-18-16-25-28-5-4-17(14-23)12-20(18)28)36(32,33)22-13-19(29(30)31)2-3-21(22)35-11-8-27-6-9-34-10-7-27;/h2-5,12-13,15-16H,6-11H2,1H3;1H/b24-15-;.